The molecule has 21 heavy (non-hydrogen) atoms. The Morgan fingerprint density at radius 2 is 2.29 bits per heavy atom. The zero-order valence-corrected chi connectivity index (χ0v) is 13.3. The highest BCUT2D eigenvalue weighted by Gasteiger charge is 2.30. The second-order valence-corrected chi connectivity index (χ2v) is 5.24. The molecule has 0 amide bonds. The summed E-state index contributed by atoms with van der Waals surface area (Å²) in [4.78, 5) is 14.3. The fraction of sp³-hybridized carbons (Fsp3) is 0.733. The van der Waals surface area contributed by atoms with Gasteiger partial charge in [0.1, 0.15) is 6.04 Å². The predicted octanol–water partition coefficient (Wildman–Crippen LogP) is 0.802. The Morgan fingerprint density at radius 3 is 2.95 bits per heavy atom. The van der Waals surface area contributed by atoms with Crippen LogP contribution in [0.4, 0.5) is 0 Å². The first-order valence-electron chi connectivity index (χ1n) is 7.86. The molecule has 118 valence electrons. The van der Waals surface area contributed by atoms with Crippen molar-refractivity contribution in [3.8, 4) is 0 Å². The molecule has 0 bridgehead atoms. The maximum Gasteiger partial charge on any atom is 0.324 e. The molecule has 0 radical (unpaired) electrons. The lowest BCUT2D eigenvalue weighted by molar-refractivity contribution is -0.150. The van der Waals surface area contributed by atoms with E-state index in [9.17, 15) is 4.79 Å². The van der Waals surface area contributed by atoms with E-state index in [1.807, 2.05) is 11.6 Å². The van der Waals surface area contributed by atoms with Gasteiger partial charge in [0, 0.05) is 32.7 Å². The molecule has 1 saturated heterocycles. The zero-order chi connectivity index (χ0) is 15.2. The molecule has 1 aliphatic rings. The largest absolute Gasteiger partial charge is 0.465 e. The molecule has 0 saturated carbocycles. The van der Waals surface area contributed by atoms with Crippen molar-refractivity contribution in [1.29, 1.82) is 0 Å². The monoisotopic (exact) mass is 294 g/mol. The number of hydrogen-bond donors (Lipinski definition) is 1. The van der Waals surface area contributed by atoms with Crippen molar-refractivity contribution in [2.24, 2.45) is 0 Å². The number of nitrogens with one attached hydrogen (secondary N) is 1. The lowest BCUT2D eigenvalue weighted by Gasteiger charge is -2.34. The van der Waals surface area contributed by atoms with Crippen LogP contribution in [-0.4, -0.2) is 52.9 Å². The van der Waals surface area contributed by atoms with Gasteiger partial charge in [-0.2, -0.15) is 5.10 Å². The first kappa shape index (κ1) is 16.0. The van der Waals surface area contributed by atoms with Gasteiger partial charge in [-0.3, -0.25) is 14.4 Å². The summed E-state index contributed by atoms with van der Waals surface area (Å²) in [7, 11) is 0. The van der Waals surface area contributed by atoms with Gasteiger partial charge in [0.05, 0.1) is 18.0 Å². The van der Waals surface area contributed by atoms with Crippen LogP contribution in [-0.2, 0) is 29.0 Å². The van der Waals surface area contributed by atoms with Gasteiger partial charge >= 0.3 is 5.97 Å². The Morgan fingerprint density at radius 1 is 1.48 bits per heavy atom. The minimum Gasteiger partial charge on any atom is -0.465 e. The average Bonchev–Trinajstić information content (AvgIpc) is 2.90. The highest BCUT2D eigenvalue weighted by molar-refractivity contribution is 5.76. The summed E-state index contributed by atoms with van der Waals surface area (Å²) in [5.41, 5.74) is 2.28. The van der Waals surface area contributed by atoms with Gasteiger partial charge in [-0.05, 0) is 26.3 Å². The Bertz CT molecular complexity index is 472. The SMILES string of the molecule is CCOC(=O)C1CNCCN1Cc1cc(CC)nn1CC. The minimum absolute atomic E-state index is 0.136. The van der Waals surface area contributed by atoms with Crippen LogP contribution < -0.4 is 5.32 Å². The van der Waals surface area contributed by atoms with Crippen LogP contribution in [0.2, 0.25) is 0 Å². The first-order valence-corrected chi connectivity index (χ1v) is 7.86. The average molecular weight is 294 g/mol. The predicted molar refractivity (Wildman–Crippen MR) is 81.0 cm³/mol. The molecule has 1 aliphatic heterocycles. The number of hydrogen-bond acceptors (Lipinski definition) is 5. The van der Waals surface area contributed by atoms with E-state index in [1.165, 1.54) is 5.69 Å². The van der Waals surface area contributed by atoms with Crippen LogP contribution in [0.3, 0.4) is 0 Å². The maximum absolute atomic E-state index is 12.1. The lowest BCUT2D eigenvalue weighted by atomic mass is 10.1. The summed E-state index contributed by atoms with van der Waals surface area (Å²) in [6.07, 6.45) is 0.933. The first-order chi connectivity index (χ1) is 10.2. The van der Waals surface area contributed by atoms with Crippen molar-refractivity contribution in [3.05, 3.63) is 17.5 Å². The van der Waals surface area contributed by atoms with Crippen molar-refractivity contribution in [2.75, 3.05) is 26.2 Å². The smallest absolute Gasteiger partial charge is 0.324 e. The molecule has 1 aromatic heterocycles. The van der Waals surface area contributed by atoms with E-state index in [0.29, 0.717) is 13.2 Å². The molecule has 0 aliphatic carbocycles. The van der Waals surface area contributed by atoms with Crippen molar-refractivity contribution >= 4 is 5.97 Å². The second-order valence-electron chi connectivity index (χ2n) is 5.24. The van der Waals surface area contributed by atoms with Gasteiger partial charge in [-0.1, -0.05) is 6.92 Å². The molecule has 6 nitrogen and oxygen atoms in total. The van der Waals surface area contributed by atoms with E-state index >= 15 is 0 Å². The molecule has 1 unspecified atom stereocenters. The summed E-state index contributed by atoms with van der Waals surface area (Å²) in [5, 5.41) is 7.85. The van der Waals surface area contributed by atoms with Gasteiger partial charge in [0.25, 0.3) is 0 Å². The number of rotatable bonds is 6. The van der Waals surface area contributed by atoms with Gasteiger partial charge in [0.15, 0.2) is 0 Å². The molecule has 2 heterocycles. The number of carbonyl (C=O) groups is 1. The molecule has 1 N–H and O–H groups in total. The Labute approximate surface area is 126 Å². The zero-order valence-electron chi connectivity index (χ0n) is 13.3. The van der Waals surface area contributed by atoms with Gasteiger partial charge in [-0.15, -0.1) is 0 Å². The Hall–Kier alpha value is -1.40. The maximum atomic E-state index is 12.1. The molecule has 1 fully saturated rings. The van der Waals surface area contributed by atoms with E-state index in [-0.39, 0.29) is 12.0 Å². The van der Waals surface area contributed by atoms with Crippen molar-refractivity contribution in [2.45, 2.75) is 46.3 Å². The number of ether oxygens (including phenoxy) is 1. The highest BCUT2D eigenvalue weighted by atomic mass is 16.5. The van der Waals surface area contributed by atoms with Crippen molar-refractivity contribution in [1.82, 2.24) is 20.0 Å². The van der Waals surface area contributed by atoms with E-state index in [4.69, 9.17) is 4.74 Å². The van der Waals surface area contributed by atoms with Gasteiger partial charge < -0.3 is 10.1 Å². The second kappa shape index (κ2) is 7.56. The number of aryl methyl sites for hydroxylation is 2. The fourth-order valence-electron chi connectivity index (χ4n) is 2.70. The molecule has 2 rings (SSSR count). The van der Waals surface area contributed by atoms with Crippen molar-refractivity contribution < 1.29 is 9.53 Å². The minimum atomic E-state index is -0.205. The quantitative estimate of drug-likeness (QED) is 0.787. The molecular weight excluding hydrogens is 268 g/mol. The van der Waals surface area contributed by atoms with E-state index < -0.39 is 0 Å². The standard InChI is InChI=1S/C15H26N4O2/c1-4-12-9-13(19(5-2)17-12)11-18-8-7-16-10-14(18)15(20)21-6-3/h9,14,16H,4-8,10-11H2,1-3H3. The summed E-state index contributed by atoms with van der Waals surface area (Å²) in [6.45, 7) is 10.5. The lowest BCUT2D eigenvalue weighted by Crippen LogP contribution is -2.55. The Kier molecular flexibility index (Phi) is 5.76. The fourth-order valence-corrected chi connectivity index (χ4v) is 2.70. The third kappa shape index (κ3) is 3.83. The number of esters is 1. The third-order valence-electron chi connectivity index (χ3n) is 3.85. The van der Waals surface area contributed by atoms with E-state index in [1.54, 1.807) is 0 Å². The summed E-state index contributed by atoms with van der Waals surface area (Å²) >= 11 is 0. The third-order valence-corrected chi connectivity index (χ3v) is 3.85. The van der Waals surface area contributed by atoms with Gasteiger partial charge in [0.2, 0.25) is 0 Å². The Balaban J connectivity index is 2.11. The topological polar surface area (TPSA) is 59.4 Å². The molecule has 1 aromatic rings. The van der Waals surface area contributed by atoms with Crippen LogP contribution in [0.15, 0.2) is 6.07 Å². The number of nitrogens with zero attached hydrogens (tertiary/aromatic N) is 3. The van der Waals surface area contributed by atoms with E-state index in [2.05, 4.69) is 35.2 Å². The number of carbonyl (C=O) groups excluding carboxylic acids is 1. The summed E-state index contributed by atoms with van der Waals surface area (Å²) in [6, 6.07) is 1.94. The van der Waals surface area contributed by atoms with Crippen LogP contribution >= 0.6 is 0 Å². The normalized spacial score (nSPS) is 19.7. The van der Waals surface area contributed by atoms with Crippen molar-refractivity contribution in [3.63, 3.8) is 0 Å². The number of piperazine rings is 1. The molecular formula is C15H26N4O2. The van der Waals surface area contributed by atoms with Crippen LogP contribution in [0.25, 0.3) is 0 Å². The molecule has 0 aromatic carbocycles. The van der Waals surface area contributed by atoms with E-state index in [0.717, 1.165) is 38.3 Å². The van der Waals surface area contributed by atoms with Gasteiger partial charge in [-0.25, -0.2) is 0 Å². The molecule has 1 atom stereocenters. The molecule has 0 spiro atoms. The summed E-state index contributed by atoms with van der Waals surface area (Å²) in [5.74, 6) is -0.136. The summed E-state index contributed by atoms with van der Waals surface area (Å²) < 4.78 is 7.22. The number of aromatic nitrogens is 2. The molecule has 6 heteroatoms. The van der Waals surface area contributed by atoms with Crippen LogP contribution in [0, 0.1) is 0 Å². The van der Waals surface area contributed by atoms with Crippen LogP contribution in [0.5, 0.6) is 0 Å². The highest BCUT2D eigenvalue weighted by Crippen LogP contribution is 2.14. The van der Waals surface area contributed by atoms with Crippen LogP contribution in [0.1, 0.15) is 32.2 Å².